The van der Waals surface area contributed by atoms with E-state index in [0.717, 1.165) is 31.7 Å². The molecule has 1 aromatic rings. The molecule has 0 spiro atoms. The molecule has 0 atom stereocenters. The van der Waals surface area contributed by atoms with E-state index in [2.05, 4.69) is 5.32 Å². The lowest BCUT2D eigenvalue weighted by Gasteiger charge is -2.22. The number of piperidine rings is 1. The number of ether oxygens (including phenoxy) is 2. The second kappa shape index (κ2) is 10.7. The van der Waals surface area contributed by atoms with Gasteiger partial charge in [0.15, 0.2) is 0 Å². The normalized spacial score (nSPS) is 14.8. The maximum Gasteiger partial charge on any atom is 0.338 e. The smallest absolute Gasteiger partial charge is 0.338 e. The van der Waals surface area contributed by atoms with Crippen molar-refractivity contribution in [2.24, 2.45) is 0 Å². The van der Waals surface area contributed by atoms with E-state index < -0.39 is 0 Å². The molecule has 0 bridgehead atoms. The van der Waals surface area contributed by atoms with E-state index in [1.165, 1.54) is 0 Å². The van der Waals surface area contributed by atoms with Crippen LogP contribution in [-0.2, 0) is 4.74 Å². The van der Waals surface area contributed by atoms with E-state index in [-0.39, 0.29) is 17.4 Å². The molecule has 1 aliphatic rings. The van der Waals surface area contributed by atoms with Gasteiger partial charge in [-0.2, -0.15) is 0 Å². The molecule has 1 fully saturated rings. The third-order valence-corrected chi connectivity index (χ3v) is 2.96. The molecule has 1 saturated heterocycles. The fourth-order valence-corrected chi connectivity index (χ4v) is 1.99. The molecule has 0 saturated carbocycles. The summed E-state index contributed by atoms with van der Waals surface area (Å²) < 4.78 is 10.8. The van der Waals surface area contributed by atoms with E-state index in [1.807, 2.05) is 6.92 Å². The molecule has 0 aliphatic carbocycles. The Labute approximate surface area is 135 Å². The number of hydrogen-bond acceptors (Lipinski definition) is 4. The van der Waals surface area contributed by atoms with Gasteiger partial charge >= 0.3 is 5.97 Å². The second-order valence-electron chi connectivity index (χ2n) is 4.41. The number of nitrogens with one attached hydrogen (secondary N) is 1. The summed E-state index contributed by atoms with van der Waals surface area (Å²) >= 11 is 9.53. The first-order valence-electron chi connectivity index (χ1n) is 6.97. The van der Waals surface area contributed by atoms with Crippen molar-refractivity contribution in [3.63, 3.8) is 0 Å². The van der Waals surface area contributed by atoms with Gasteiger partial charge < -0.3 is 14.8 Å². The van der Waals surface area contributed by atoms with Crippen LogP contribution in [0.5, 0.6) is 5.75 Å². The number of rotatable bonds is 4. The van der Waals surface area contributed by atoms with Crippen molar-refractivity contribution in [3.8, 4) is 5.75 Å². The van der Waals surface area contributed by atoms with E-state index in [9.17, 15) is 4.79 Å². The number of esters is 1. The monoisotopic (exact) mass is 333 g/mol. The van der Waals surface area contributed by atoms with Crippen LogP contribution in [0.1, 0.15) is 30.1 Å². The van der Waals surface area contributed by atoms with Crippen molar-refractivity contribution in [1.82, 2.24) is 5.32 Å². The highest BCUT2D eigenvalue weighted by atomic mass is 35.5. The molecule has 0 aromatic heterocycles. The van der Waals surface area contributed by atoms with Crippen LogP contribution in [0.15, 0.2) is 24.3 Å². The zero-order valence-electron chi connectivity index (χ0n) is 12.1. The lowest BCUT2D eigenvalue weighted by atomic mass is 10.1. The zero-order chi connectivity index (χ0) is 15.5. The largest absolute Gasteiger partial charge is 0.494 e. The average molecular weight is 334 g/mol. The van der Waals surface area contributed by atoms with Gasteiger partial charge in [0.1, 0.15) is 11.9 Å². The summed E-state index contributed by atoms with van der Waals surface area (Å²) in [7, 11) is 0. The Kier molecular flexibility index (Phi) is 9.22. The highest BCUT2D eigenvalue weighted by molar-refractivity contribution is 6.40. The minimum absolute atomic E-state index is 0.0466. The molecule has 0 amide bonds. The summed E-state index contributed by atoms with van der Waals surface area (Å²) in [4.78, 5) is 11.9. The van der Waals surface area contributed by atoms with Gasteiger partial charge in [0.05, 0.1) is 17.5 Å². The Morgan fingerprint density at radius 1 is 1.24 bits per heavy atom. The van der Waals surface area contributed by atoms with Crippen molar-refractivity contribution in [3.05, 3.63) is 29.8 Å². The molecule has 4 nitrogen and oxygen atoms in total. The number of alkyl halides is 2. The summed E-state index contributed by atoms with van der Waals surface area (Å²) in [5, 5.41) is 3.44. The van der Waals surface area contributed by atoms with E-state index in [4.69, 9.17) is 32.7 Å². The van der Waals surface area contributed by atoms with Gasteiger partial charge in [-0.25, -0.2) is 4.79 Å². The second-order valence-corrected chi connectivity index (χ2v) is 5.22. The minimum atomic E-state index is -0.245. The summed E-state index contributed by atoms with van der Waals surface area (Å²) in [5.74, 6) is 0.529. The van der Waals surface area contributed by atoms with Crippen molar-refractivity contribution < 1.29 is 14.3 Å². The van der Waals surface area contributed by atoms with Gasteiger partial charge in [-0.1, -0.05) is 0 Å². The lowest BCUT2D eigenvalue weighted by Crippen LogP contribution is -2.33. The summed E-state index contributed by atoms with van der Waals surface area (Å²) in [6.07, 6.45) is 1.83. The number of hydrogen-bond donors (Lipinski definition) is 1. The van der Waals surface area contributed by atoms with E-state index in [1.54, 1.807) is 24.3 Å². The number of halogens is 2. The van der Waals surface area contributed by atoms with Crippen LogP contribution >= 0.6 is 23.2 Å². The van der Waals surface area contributed by atoms with Crippen LogP contribution < -0.4 is 10.1 Å². The van der Waals surface area contributed by atoms with Crippen molar-refractivity contribution in [2.75, 3.05) is 25.0 Å². The highest BCUT2D eigenvalue weighted by Gasteiger charge is 2.18. The van der Waals surface area contributed by atoms with Crippen LogP contribution in [0.2, 0.25) is 0 Å². The molecular formula is C15H21Cl2NO3. The molecule has 1 heterocycles. The van der Waals surface area contributed by atoms with Crippen LogP contribution in [0.3, 0.4) is 0 Å². The van der Waals surface area contributed by atoms with Crippen LogP contribution in [0, 0.1) is 0 Å². The quantitative estimate of drug-likeness (QED) is 0.677. The first-order valence-corrected chi connectivity index (χ1v) is 8.04. The molecular weight excluding hydrogens is 313 g/mol. The third kappa shape index (κ3) is 7.02. The van der Waals surface area contributed by atoms with Crippen LogP contribution in [0.4, 0.5) is 0 Å². The number of carbonyl (C=O) groups excluding carboxylic acids is 1. The first-order chi connectivity index (χ1) is 10.2. The standard InChI is InChI=1S/C14H19NO3.CH2Cl2/c1-2-17-12-5-3-11(4-6-12)14(16)18-13-7-9-15-10-8-13;2-1-3/h3-6,13,15H,2,7-10H2,1H3;1H2. The van der Waals surface area contributed by atoms with Crippen molar-refractivity contribution >= 4 is 29.2 Å². The van der Waals surface area contributed by atoms with Gasteiger partial charge in [-0.15, -0.1) is 23.2 Å². The molecule has 1 N–H and O–H groups in total. The number of benzene rings is 1. The summed E-state index contributed by atoms with van der Waals surface area (Å²) in [5.41, 5.74) is 0.581. The molecule has 6 heteroatoms. The minimum Gasteiger partial charge on any atom is -0.494 e. The predicted molar refractivity (Wildman–Crippen MR) is 85.5 cm³/mol. The Hall–Kier alpha value is -0.970. The maximum atomic E-state index is 11.9. The van der Waals surface area contributed by atoms with E-state index >= 15 is 0 Å². The molecule has 118 valence electrons. The van der Waals surface area contributed by atoms with Crippen molar-refractivity contribution in [1.29, 1.82) is 0 Å². The topological polar surface area (TPSA) is 47.6 Å². The van der Waals surface area contributed by atoms with Gasteiger partial charge in [-0.05, 0) is 57.1 Å². The molecule has 1 aliphatic heterocycles. The zero-order valence-corrected chi connectivity index (χ0v) is 13.6. The van der Waals surface area contributed by atoms with E-state index in [0.29, 0.717) is 12.2 Å². The highest BCUT2D eigenvalue weighted by Crippen LogP contribution is 2.15. The van der Waals surface area contributed by atoms with Gasteiger partial charge in [0, 0.05) is 0 Å². The average Bonchev–Trinajstić information content (AvgIpc) is 2.50. The molecule has 1 aromatic carbocycles. The Balaban J connectivity index is 0.000000677. The summed E-state index contributed by atoms with van der Waals surface area (Å²) in [6.45, 7) is 4.39. The first kappa shape index (κ1) is 18.1. The molecule has 21 heavy (non-hydrogen) atoms. The fourth-order valence-electron chi connectivity index (χ4n) is 1.99. The Morgan fingerprint density at radius 2 is 1.81 bits per heavy atom. The summed E-state index contributed by atoms with van der Waals surface area (Å²) in [6, 6.07) is 7.08. The SMILES string of the molecule is CCOc1ccc(C(=O)OC2CCNCC2)cc1.ClCCl. The van der Waals surface area contributed by atoms with Crippen LogP contribution in [-0.4, -0.2) is 37.1 Å². The molecule has 2 rings (SSSR count). The van der Waals surface area contributed by atoms with Crippen molar-refractivity contribution in [2.45, 2.75) is 25.9 Å². The molecule has 0 unspecified atom stereocenters. The fraction of sp³-hybridized carbons (Fsp3) is 0.533. The van der Waals surface area contributed by atoms with Gasteiger partial charge in [0.25, 0.3) is 0 Å². The number of carbonyl (C=O) groups is 1. The lowest BCUT2D eigenvalue weighted by molar-refractivity contribution is 0.0229. The third-order valence-electron chi connectivity index (χ3n) is 2.96. The maximum absolute atomic E-state index is 11.9. The molecule has 0 radical (unpaired) electrons. The predicted octanol–water partition coefficient (Wildman–Crippen LogP) is 3.42. The Morgan fingerprint density at radius 3 is 2.33 bits per heavy atom. The van der Waals surface area contributed by atoms with Crippen LogP contribution in [0.25, 0.3) is 0 Å². The van der Waals surface area contributed by atoms with Gasteiger partial charge in [-0.3, -0.25) is 0 Å². The Bertz CT molecular complexity index is 406. The van der Waals surface area contributed by atoms with Gasteiger partial charge in [0.2, 0.25) is 0 Å².